The van der Waals surface area contributed by atoms with Crippen LogP contribution in [0.15, 0.2) is 30.3 Å². The standard InChI is InChI=1S/C18H25N3O2/c19-12-14-8-4-9-15(14)20-17(22)16-10-5-11-21(16)18(23)13-6-2-1-3-7-13/h1-3,6-7,14-16H,4-5,8-12,19H2,(H,20,22). The van der Waals surface area contributed by atoms with Gasteiger partial charge < -0.3 is 16.0 Å². The van der Waals surface area contributed by atoms with E-state index in [-0.39, 0.29) is 23.9 Å². The summed E-state index contributed by atoms with van der Waals surface area (Å²) in [6, 6.07) is 9.01. The number of hydrogen-bond acceptors (Lipinski definition) is 3. The molecule has 1 saturated carbocycles. The second-order valence-electron chi connectivity index (χ2n) is 6.56. The second-order valence-corrected chi connectivity index (χ2v) is 6.56. The molecule has 0 bridgehead atoms. The van der Waals surface area contributed by atoms with Gasteiger partial charge in [-0.3, -0.25) is 9.59 Å². The van der Waals surface area contributed by atoms with E-state index in [4.69, 9.17) is 5.73 Å². The predicted molar refractivity (Wildman–Crippen MR) is 88.8 cm³/mol. The molecule has 0 radical (unpaired) electrons. The van der Waals surface area contributed by atoms with Gasteiger partial charge in [0.2, 0.25) is 5.91 Å². The third-order valence-electron chi connectivity index (χ3n) is 5.13. The monoisotopic (exact) mass is 315 g/mol. The molecule has 5 heteroatoms. The highest BCUT2D eigenvalue weighted by Crippen LogP contribution is 2.26. The van der Waals surface area contributed by atoms with Crippen LogP contribution in [0.25, 0.3) is 0 Å². The minimum absolute atomic E-state index is 0.0165. The molecule has 5 nitrogen and oxygen atoms in total. The van der Waals surface area contributed by atoms with Gasteiger partial charge in [-0.1, -0.05) is 24.6 Å². The average Bonchev–Trinajstić information content (AvgIpc) is 3.23. The summed E-state index contributed by atoms with van der Waals surface area (Å²) in [5.74, 6) is 0.306. The van der Waals surface area contributed by atoms with Gasteiger partial charge in [0, 0.05) is 18.2 Å². The van der Waals surface area contributed by atoms with Crippen molar-refractivity contribution in [3.63, 3.8) is 0 Å². The zero-order chi connectivity index (χ0) is 16.2. The number of amides is 2. The maximum Gasteiger partial charge on any atom is 0.254 e. The lowest BCUT2D eigenvalue weighted by atomic mass is 10.0. The summed E-state index contributed by atoms with van der Waals surface area (Å²) in [5, 5.41) is 3.15. The quantitative estimate of drug-likeness (QED) is 0.885. The Balaban J connectivity index is 1.66. The van der Waals surface area contributed by atoms with Crippen LogP contribution in [-0.2, 0) is 4.79 Å². The molecular weight excluding hydrogens is 290 g/mol. The highest BCUT2D eigenvalue weighted by molar-refractivity contribution is 5.98. The van der Waals surface area contributed by atoms with Crippen molar-refractivity contribution in [3.8, 4) is 0 Å². The number of carbonyl (C=O) groups is 2. The van der Waals surface area contributed by atoms with E-state index in [0.29, 0.717) is 24.6 Å². The van der Waals surface area contributed by atoms with E-state index in [1.54, 1.807) is 17.0 Å². The number of nitrogens with two attached hydrogens (primary N) is 1. The zero-order valence-corrected chi connectivity index (χ0v) is 13.4. The summed E-state index contributed by atoms with van der Waals surface area (Å²) in [5.41, 5.74) is 6.44. The van der Waals surface area contributed by atoms with Crippen LogP contribution in [0.4, 0.5) is 0 Å². The minimum atomic E-state index is -0.346. The second kappa shape index (κ2) is 7.13. The van der Waals surface area contributed by atoms with Crippen molar-refractivity contribution >= 4 is 11.8 Å². The van der Waals surface area contributed by atoms with Gasteiger partial charge in [0.25, 0.3) is 5.91 Å². The fraction of sp³-hybridized carbons (Fsp3) is 0.556. The van der Waals surface area contributed by atoms with Gasteiger partial charge in [0.05, 0.1) is 0 Å². The molecule has 3 atom stereocenters. The van der Waals surface area contributed by atoms with E-state index in [2.05, 4.69) is 5.32 Å². The lowest BCUT2D eigenvalue weighted by Crippen LogP contribution is -2.50. The molecule has 23 heavy (non-hydrogen) atoms. The van der Waals surface area contributed by atoms with Crippen molar-refractivity contribution in [1.82, 2.24) is 10.2 Å². The van der Waals surface area contributed by atoms with Crippen LogP contribution in [0.1, 0.15) is 42.5 Å². The third-order valence-corrected chi connectivity index (χ3v) is 5.13. The van der Waals surface area contributed by atoms with Crippen LogP contribution in [0.2, 0.25) is 0 Å². The van der Waals surface area contributed by atoms with Crippen molar-refractivity contribution in [1.29, 1.82) is 0 Å². The predicted octanol–water partition coefficient (Wildman–Crippen LogP) is 1.53. The molecule has 1 aliphatic carbocycles. The lowest BCUT2D eigenvalue weighted by molar-refractivity contribution is -0.125. The molecular formula is C18H25N3O2. The molecule has 1 heterocycles. The van der Waals surface area contributed by atoms with Crippen LogP contribution in [0, 0.1) is 5.92 Å². The van der Waals surface area contributed by atoms with Gasteiger partial charge in [0.15, 0.2) is 0 Å². The van der Waals surface area contributed by atoms with Crippen LogP contribution < -0.4 is 11.1 Å². The maximum atomic E-state index is 12.7. The largest absolute Gasteiger partial charge is 0.351 e. The molecule has 1 saturated heterocycles. The smallest absolute Gasteiger partial charge is 0.254 e. The summed E-state index contributed by atoms with van der Waals surface area (Å²) >= 11 is 0. The molecule has 1 aliphatic heterocycles. The fourth-order valence-corrected chi connectivity index (χ4v) is 3.82. The van der Waals surface area contributed by atoms with Crippen LogP contribution in [-0.4, -0.2) is 41.9 Å². The Bertz CT molecular complexity index is 561. The number of carbonyl (C=O) groups excluding carboxylic acids is 2. The summed E-state index contributed by atoms with van der Waals surface area (Å²) in [6.07, 6.45) is 4.81. The Morgan fingerprint density at radius 3 is 2.65 bits per heavy atom. The number of rotatable bonds is 4. The minimum Gasteiger partial charge on any atom is -0.351 e. The summed E-state index contributed by atoms with van der Waals surface area (Å²) in [7, 11) is 0. The molecule has 3 rings (SSSR count). The first kappa shape index (κ1) is 16.0. The zero-order valence-electron chi connectivity index (χ0n) is 13.4. The summed E-state index contributed by atoms with van der Waals surface area (Å²) in [4.78, 5) is 27.0. The Morgan fingerprint density at radius 2 is 1.91 bits per heavy atom. The first-order valence-corrected chi connectivity index (χ1v) is 8.57. The molecule has 3 unspecified atom stereocenters. The van der Waals surface area contributed by atoms with Crippen LogP contribution in [0.5, 0.6) is 0 Å². The van der Waals surface area contributed by atoms with Crippen molar-refractivity contribution in [2.45, 2.75) is 44.2 Å². The average molecular weight is 315 g/mol. The number of likely N-dealkylation sites (tertiary alicyclic amines) is 1. The molecule has 1 aromatic rings. The SMILES string of the molecule is NCC1CCCC1NC(=O)C1CCCN1C(=O)c1ccccc1. The molecule has 3 N–H and O–H groups in total. The van der Waals surface area contributed by atoms with Crippen molar-refractivity contribution in [2.24, 2.45) is 11.7 Å². The van der Waals surface area contributed by atoms with E-state index in [1.807, 2.05) is 18.2 Å². The van der Waals surface area contributed by atoms with Gasteiger partial charge in [-0.25, -0.2) is 0 Å². The maximum absolute atomic E-state index is 12.7. The van der Waals surface area contributed by atoms with E-state index in [1.165, 1.54) is 0 Å². The van der Waals surface area contributed by atoms with E-state index < -0.39 is 0 Å². The van der Waals surface area contributed by atoms with Gasteiger partial charge in [-0.2, -0.15) is 0 Å². The highest BCUT2D eigenvalue weighted by Gasteiger charge is 2.36. The van der Waals surface area contributed by atoms with Crippen molar-refractivity contribution in [3.05, 3.63) is 35.9 Å². The Morgan fingerprint density at radius 1 is 1.13 bits per heavy atom. The summed E-state index contributed by atoms with van der Waals surface area (Å²) in [6.45, 7) is 1.26. The van der Waals surface area contributed by atoms with E-state index in [9.17, 15) is 9.59 Å². The highest BCUT2D eigenvalue weighted by atomic mass is 16.2. The van der Waals surface area contributed by atoms with Crippen molar-refractivity contribution in [2.75, 3.05) is 13.1 Å². The fourth-order valence-electron chi connectivity index (χ4n) is 3.82. The molecule has 0 spiro atoms. The van der Waals surface area contributed by atoms with Crippen LogP contribution >= 0.6 is 0 Å². The van der Waals surface area contributed by atoms with E-state index >= 15 is 0 Å². The number of benzene rings is 1. The molecule has 2 amide bonds. The topological polar surface area (TPSA) is 75.4 Å². The molecule has 124 valence electrons. The van der Waals surface area contributed by atoms with Crippen LogP contribution in [0.3, 0.4) is 0 Å². The van der Waals surface area contributed by atoms with Gasteiger partial charge in [0.1, 0.15) is 6.04 Å². The first-order chi connectivity index (χ1) is 11.2. The summed E-state index contributed by atoms with van der Waals surface area (Å²) < 4.78 is 0. The number of nitrogens with zero attached hydrogens (tertiary/aromatic N) is 1. The van der Waals surface area contributed by atoms with Gasteiger partial charge in [-0.15, -0.1) is 0 Å². The molecule has 1 aromatic carbocycles. The van der Waals surface area contributed by atoms with E-state index in [0.717, 1.165) is 32.1 Å². The Hall–Kier alpha value is -1.88. The van der Waals surface area contributed by atoms with Crippen molar-refractivity contribution < 1.29 is 9.59 Å². The van der Waals surface area contributed by atoms with Gasteiger partial charge >= 0.3 is 0 Å². The third kappa shape index (κ3) is 3.39. The molecule has 0 aromatic heterocycles. The number of nitrogens with one attached hydrogen (secondary N) is 1. The Kier molecular flexibility index (Phi) is 4.96. The Labute approximate surface area is 137 Å². The lowest BCUT2D eigenvalue weighted by Gasteiger charge is -2.27. The first-order valence-electron chi connectivity index (χ1n) is 8.57. The normalized spacial score (nSPS) is 27.2. The molecule has 2 fully saturated rings. The number of hydrogen-bond donors (Lipinski definition) is 2. The van der Waals surface area contributed by atoms with Gasteiger partial charge in [-0.05, 0) is 50.3 Å². The molecule has 2 aliphatic rings.